The molecule has 1 aromatic carbocycles. The van der Waals surface area contributed by atoms with E-state index in [1.54, 1.807) is 18.2 Å². The molecule has 0 aliphatic heterocycles. The van der Waals surface area contributed by atoms with Gasteiger partial charge in [0, 0.05) is 0 Å². The van der Waals surface area contributed by atoms with Crippen LogP contribution in [0.1, 0.15) is 5.56 Å². The fourth-order valence-corrected chi connectivity index (χ4v) is 2.58. The van der Waals surface area contributed by atoms with Gasteiger partial charge in [0.05, 0.1) is 13.6 Å². The Hall–Kier alpha value is -1.03. The standard InChI is InChI=1S/C12H15F3Si/c1-16(2,3)9-11(12(13,14)15)10-7-5-4-6-8-10/h4-9H,1-3H3/b11-9+. The van der Waals surface area contributed by atoms with Gasteiger partial charge in [0.1, 0.15) is 0 Å². The summed E-state index contributed by atoms with van der Waals surface area (Å²) in [6.07, 6.45) is -4.28. The van der Waals surface area contributed by atoms with E-state index in [1.165, 1.54) is 17.8 Å². The molecule has 0 spiro atoms. The first-order valence-corrected chi connectivity index (χ1v) is 8.63. The maximum absolute atomic E-state index is 12.9. The predicted molar refractivity (Wildman–Crippen MR) is 63.8 cm³/mol. The van der Waals surface area contributed by atoms with Crippen LogP contribution < -0.4 is 0 Å². The number of benzene rings is 1. The minimum atomic E-state index is -4.28. The lowest BCUT2D eigenvalue weighted by molar-refractivity contribution is -0.0688. The van der Waals surface area contributed by atoms with Gasteiger partial charge in [0.15, 0.2) is 0 Å². The van der Waals surface area contributed by atoms with Crippen molar-refractivity contribution in [1.29, 1.82) is 0 Å². The fraction of sp³-hybridized carbons (Fsp3) is 0.333. The molecule has 0 unspecified atom stereocenters. The molecule has 1 rings (SSSR count). The molecule has 88 valence electrons. The third kappa shape index (κ3) is 3.85. The topological polar surface area (TPSA) is 0 Å². The lowest BCUT2D eigenvalue weighted by atomic mass is 10.1. The molecule has 0 aliphatic rings. The largest absolute Gasteiger partial charge is 0.416 e. The molecule has 0 heterocycles. The summed E-state index contributed by atoms with van der Waals surface area (Å²) < 4.78 is 38.7. The Bertz CT molecular complexity index is 371. The monoisotopic (exact) mass is 244 g/mol. The normalized spacial score (nSPS) is 14.0. The first kappa shape index (κ1) is 13.0. The maximum atomic E-state index is 12.9. The van der Waals surface area contributed by atoms with Gasteiger partial charge in [-0.2, -0.15) is 13.2 Å². The molecule has 0 fully saturated rings. The summed E-state index contributed by atoms with van der Waals surface area (Å²) in [4.78, 5) is 0. The van der Waals surface area contributed by atoms with Gasteiger partial charge in [-0.05, 0) is 5.56 Å². The summed E-state index contributed by atoms with van der Waals surface area (Å²) in [7, 11) is -1.89. The third-order valence-electron chi connectivity index (χ3n) is 1.97. The molecule has 0 N–H and O–H groups in total. The van der Waals surface area contributed by atoms with Crippen molar-refractivity contribution in [3.8, 4) is 0 Å². The number of alkyl halides is 3. The van der Waals surface area contributed by atoms with E-state index >= 15 is 0 Å². The van der Waals surface area contributed by atoms with Crippen molar-refractivity contribution >= 4 is 13.6 Å². The number of allylic oxidation sites excluding steroid dienone is 1. The molecule has 0 saturated heterocycles. The van der Waals surface area contributed by atoms with Crippen molar-refractivity contribution < 1.29 is 13.2 Å². The van der Waals surface area contributed by atoms with E-state index in [2.05, 4.69) is 0 Å². The van der Waals surface area contributed by atoms with Crippen molar-refractivity contribution in [3.05, 3.63) is 41.6 Å². The van der Waals surface area contributed by atoms with Crippen LogP contribution >= 0.6 is 0 Å². The molecule has 0 amide bonds. The Morgan fingerprint density at radius 2 is 1.56 bits per heavy atom. The Kier molecular flexibility index (Phi) is 3.63. The summed E-state index contributed by atoms with van der Waals surface area (Å²) in [5, 5.41) is 0. The van der Waals surface area contributed by atoms with Gasteiger partial charge in [-0.15, -0.1) is 0 Å². The molecule has 0 aromatic heterocycles. The summed E-state index contributed by atoms with van der Waals surface area (Å²) in [5.74, 6) is 0. The van der Waals surface area contributed by atoms with E-state index in [4.69, 9.17) is 0 Å². The quantitative estimate of drug-likeness (QED) is 0.671. The number of hydrogen-bond donors (Lipinski definition) is 0. The first-order chi connectivity index (χ1) is 7.20. The average molecular weight is 244 g/mol. The van der Waals surface area contributed by atoms with Crippen molar-refractivity contribution in [2.24, 2.45) is 0 Å². The Labute approximate surface area is 94.8 Å². The van der Waals surface area contributed by atoms with Crippen LogP contribution in [0.2, 0.25) is 19.6 Å². The highest BCUT2D eigenvalue weighted by Crippen LogP contribution is 2.34. The van der Waals surface area contributed by atoms with Gasteiger partial charge in [-0.25, -0.2) is 0 Å². The highest BCUT2D eigenvalue weighted by atomic mass is 28.3. The fourth-order valence-electron chi connectivity index (χ4n) is 1.38. The van der Waals surface area contributed by atoms with E-state index in [1.807, 2.05) is 19.6 Å². The SMILES string of the molecule is C[Si](C)(C)/C=C(\c1ccccc1)C(F)(F)F. The van der Waals surface area contributed by atoms with Crippen molar-refractivity contribution in [2.75, 3.05) is 0 Å². The van der Waals surface area contributed by atoms with Crippen LogP contribution in [0.25, 0.3) is 5.57 Å². The van der Waals surface area contributed by atoms with Crippen molar-refractivity contribution in [1.82, 2.24) is 0 Å². The molecular weight excluding hydrogens is 229 g/mol. The molecule has 0 bridgehead atoms. The summed E-state index contributed by atoms with van der Waals surface area (Å²) in [5.41, 5.74) is 1.15. The second-order valence-electron chi connectivity index (χ2n) is 4.79. The molecule has 0 atom stereocenters. The molecule has 1 aromatic rings. The van der Waals surface area contributed by atoms with Gasteiger partial charge in [-0.1, -0.05) is 55.7 Å². The van der Waals surface area contributed by atoms with Crippen LogP contribution in [0.15, 0.2) is 36.0 Å². The summed E-state index contributed by atoms with van der Waals surface area (Å²) in [6, 6.07) is 7.96. The zero-order valence-electron chi connectivity index (χ0n) is 9.60. The minimum absolute atomic E-state index is 0.248. The second-order valence-corrected chi connectivity index (χ2v) is 9.81. The summed E-state index contributed by atoms with van der Waals surface area (Å²) >= 11 is 0. The lowest BCUT2D eigenvalue weighted by Gasteiger charge is -2.17. The molecule has 16 heavy (non-hydrogen) atoms. The van der Waals surface area contributed by atoms with Crippen LogP contribution in [0, 0.1) is 0 Å². The van der Waals surface area contributed by atoms with Crippen LogP contribution in [-0.2, 0) is 0 Å². The highest BCUT2D eigenvalue weighted by molar-refractivity contribution is 6.81. The third-order valence-corrected chi connectivity index (χ3v) is 3.12. The van der Waals surface area contributed by atoms with E-state index in [0.717, 1.165) is 0 Å². The van der Waals surface area contributed by atoms with Gasteiger partial charge in [0.2, 0.25) is 0 Å². The lowest BCUT2D eigenvalue weighted by Crippen LogP contribution is -2.21. The van der Waals surface area contributed by atoms with E-state index in [-0.39, 0.29) is 5.56 Å². The summed E-state index contributed by atoms with van der Waals surface area (Å²) in [6.45, 7) is 5.67. The van der Waals surface area contributed by atoms with E-state index in [0.29, 0.717) is 0 Å². The zero-order valence-corrected chi connectivity index (χ0v) is 10.6. The van der Waals surface area contributed by atoms with Crippen molar-refractivity contribution in [2.45, 2.75) is 25.8 Å². The second kappa shape index (κ2) is 4.45. The van der Waals surface area contributed by atoms with Crippen molar-refractivity contribution in [3.63, 3.8) is 0 Å². The first-order valence-electron chi connectivity index (χ1n) is 5.05. The zero-order chi connectivity index (χ0) is 12.4. The van der Waals surface area contributed by atoms with Gasteiger partial charge >= 0.3 is 6.18 Å². The highest BCUT2D eigenvalue weighted by Gasteiger charge is 2.35. The van der Waals surface area contributed by atoms with Gasteiger partial charge < -0.3 is 0 Å². The molecular formula is C12H15F3Si. The average Bonchev–Trinajstić information content (AvgIpc) is 2.13. The Morgan fingerprint density at radius 1 is 1.06 bits per heavy atom. The maximum Gasteiger partial charge on any atom is 0.416 e. The smallest absolute Gasteiger partial charge is 0.166 e. The predicted octanol–water partition coefficient (Wildman–Crippen LogP) is 4.51. The molecule has 0 radical (unpaired) electrons. The van der Waals surface area contributed by atoms with Gasteiger partial charge in [0.25, 0.3) is 0 Å². The Morgan fingerprint density at radius 3 is 1.94 bits per heavy atom. The van der Waals surface area contributed by atoms with Crippen LogP contribution in [-0.4, -0.2) is 14.3 Å². The Balaban J connectivity index is 3.24. The molecule has 4 heteroatoms. The number of rotatable bonds is 2. The van der Waals surface area contributed by atoms with Gasteiger partial charge in [-0.3, -0.25) is 0 Å². The van der Waals surface area contributed by atoms with Crippen LogP contribution in [0.5, 0.6) is 0 Å². The van der Waals surface area contributed by atoms with Crippen LogP contribution in [0.4, 0.5) is 13.2 Å². The minimum Gasteiger partial charge on any atom is -0.166 e. The number of halogens is 3. The van der Waals surface area contributed by atoms with E-state index in [9.17, 15) is 13.2 Å². The van der Waals surface area contributed by atoms with E-state index < -0.39 is 19.8 Å². The molecule has 0 nitrogen and oxygen atoms in total. The molecule has 0 aliphatic carbocycles. The molecule has 0 saturated carbocycles. The van der Waals surface area contributed by atoms with Crippen LogP contribution in [0.3, 0.4) is 0 Å². The number of hydrogen-bond acceptors (Lipinski definition) is 0.